The van der Waals surface area contributed by atoms with E-state index in [1.165, 1.54) is 0 Å². The van der Waals surface area contributed by atoms with Crippen LogP contribution in [0.15, 0.2) is 28.9 Å². The van der Waals surface area contributed by atoms with E-state index in [4.69, 9.17) is 4.74 Å². The average molecular weight is 337 g/mol. The fourth-order valence-electron chi connectivity index (χ4n) is 2.62. The number of aryl methyl sites for hydroxylation is 1. The van der Waals surface area contributed by atoms with E-state index in [1.807, 2.05) is 24.4 Å². The van der Waals surface area contributed by atoms with Gasteiger partial charge in [-0.15, -0.1) is 0 Å². The minimum atomic E-state index is -0.0139. The van der Waals surface area contributed by atoms with E-state index in [1.54, 1.807) is 0 Å². The quantitative estimate of drug-likeness (QED) is 0.936. The van der Waals surface area contributed by atoms with E-state index >= 15 is 0 Å². The van der Waals surface area contributed by atoms with Crippen molar-refractivity contribution < 1.29 is 9.53 Å². The van der Waals surface area contributed by atoms with Crippen LogP contribution in [0.3, 0.4) is 0 Å². The molecule has 1 saturated heterocycles. The lowest BCUT2D eigenvalue weighted by atomic mass is 10.1. The zero-order chi connectivity index (χ0) is 14.1. The Morgan fingerprint density at radius 1 is 1.55 bits per heavy atom. The van der Waals surface area contributed by atoms with Crippen LogP contribution in [0.2, 0.25) is 0 Å². The van der Waals surface area contributed by atoms with Crippen LogP contribution in [-0.4, -0.2) is 29.7 Å². The SMILES string of the molecule is CCn1cc(C(=O)NC2CCOC2)c2ccc(Br)cc21. The van der Waals surface area contributed by atoms with Crippen LogP contribution in [0.1, 0.15) is 23.7 Å². The molecule has 3 rings (SSSR count). The Bertz CT molecular complexity index is 645. The predicted octanol–water partition coefficient (Wildman–Crippen LogP) is 2.94. The van der Waals surface area contributed by atoms with Crippen molar-refractivity contribution in [3.63, 3.8) is 0 Å². The fourth-order valence-corrected chi connectivity index (χ4v) is 2.97. The maximum Gasteiger partial charge on any atom is 0.253 e. The van der Waals surface area contributed by atoms with E-state index in [9.17, 15) is 4.79 Å². The van der Waals surface area contributed by atoms with Gasteiger partial charge in [0.2, 0.25) is 0 Å². The largest absolute Gasteiger partial charge is 0.379 e. The molecule has 0 aliphatic carbocycles. The monoisotopic (exact) mass is 336 g/mol. The molecule has 4 nitrogen and oxygen atoms in total. The van der Waals surface area contributed by atoms with Crippen molar-refractivity contribution in [3.8, 4) is 0 Å². The lowest BCUT2D eigenvalue weighted by Gasteiger charge is -2.09. The van der Waals surface area contributed by atoms with Gasteiger partial charge in [-0.1, -0.05) is 22.0 Å². The molecule has 0 saturated carbocycles. The molecule has 2 heterocycles. The molecule has 1 aliphatic heterocycles. The summed E-state index contributed by atoms with van der Waals surface area (Å²) in [4.78, 5) is 12.4. The molecule has 1 aliphatic rings. The van der Waals surface area contributed by atoms with Gasteiger partial charge >= 0.3 is 0 Å². The molecule has 1 unspecified atom stereocenters. The highest BCUT2D eigenvalue weighted by Crippen LogP contribution is 2.25. The number of nitrogens with zero attached hydrogens (tertiary/aromatic N) is 1. The number of amides is 1. The van der Waals surface area contributed by atoms with Gasteiger partial charge in [0, 0.05) is 34.7 Å². The molecule has 2 aromatic rings. The smallest absolute Gasteiger partial charge is 0.253 e. The molecule has 1 atom stereocenters. The lowest BCUT2D eigenvalue weighted by molar-refractivity contribution is 0.0931. The van der Waals surface area contributed by atoms with E-state index < -0.39 is 0 Å². The summed E-state index contributed by atoms with van der Waals surface area (Å²) in [5.74, 6) is -0.0139. The molecule has 106 valence electrons. The van der Waals surface area contributed by atoms with Crippen LogP contribution in [0.25, 0.3) is 10.9 Å². The maximum atomic E-state index is 12.4. The third-order valence-corrected chi connectivity index (χ3v) is 4.19. The number of ether oxygens (including phenoxy) is 1. The van der Waals surface area contributed by atoms with E-state index in [-0.39, 0.29) is 11.9 Å². The highest BCUT2D eigenvalue weighted by Gasteiger charge is 2.21. The summed E-state index contributed by atoms with van der Waals surface area (Å²) in [6.07, 6.45) is 2.83. The Kier molecular flexibility index (Phi) is 3.81. The first-order valence-electron chi connectivity index (χ1n) is 6.86. The summed E-state index contributed by atoms with van der Waals surface area (Å²) >= 11 is 3.48. The molecular weight excluding hydrogens is 320 g/mol. The molecule has 1 amide bonds. The highest BCUT2D eigenvalue weighted by atomic mass is 79.9. The van der Waals surface area contributed by atoms with Gasteiger partial charge in [-0.2, -0.15) is 0 Å². The van der Waals surface area contributed by atoms with Crippen LogP contribution < -0.4 is 5.32 Å². The molecule has 0 bridgehead atoms. The molecule has 20 heavy (non-hydrogen) atoms. The molecule has 0 spiro atoms. The predicted molar refractivity (Wildman–Crippen MR) is 82.0 cm³/mol. The Labute approximate surface area is 126 Å². The van der Waals surface area contributed by atoms with Crippen molar-refractivity contribution >= 4 is 32.7 Å². The van der Waals surface area contributed by atoms with Gasteiger partial charge in [-0.3, -0.25) is 4.79 Å². The first kappa shape index (κ1) is 13.6. The summed E-state index contributed by atoms with van der Waals surface area (Å²) in [5, 5.41) is 4.04. The molecule has 1 aromatic carbocycles. The van der Waals surface area contributed by atoms with Crippen LogP contribution >= 0.6 is 15.9 Å². The van der Waals surface area contributed by atoms with Crippen LogP contribution in [0, 0.1) is 0 Å². The molecule has 1 fully saturated rings. The second-order valence-electron chi connectivity index (χ2n) is 5.02. The van der Waals surface area contributed by atoms with Gasteiger partial charge in [0.1, 0.15) is 0 Å². The number of benzene rings is 1. The van der Waals surface area contributed by atoms with Gasteiger partial charge in [0.25, 0.3) is 5.91 Å². The van der Waals surface area contributed by atoms with Crippen molar-refractivity contribution in [3.05, 3.63) is 34.4 Å². The number of nitrogens with one attached hydrogen (secondary N) is 1. The molecular formula is C15H17BrN2O2. The number of hydrogen-bond donors (Lipinski definition) is 1. The van der Waals surface area contributed by atoms with Crippen LogP contribution in [0.5, 0.6) is 0 Å². The summed E-state index contributed by atoms with van der Waals surface area (Å²) in [7, 11) is 0. The standard InChI is InChI=1S/C15H17BrN2O2/c1-2-18-8-13(12-4-3-10(16)7-14(12)18)15(19)17-11-5-6-20-9-11/h3-4,7-8,11H,2,5-6,9H2,1H3,(H,17,19). The van der Waals surface area contributed by atoms with Crippen molar-refractivity contribution in [2.75, 3.05) is 13.2 Å². The van der Waals surface area contributed by atoms with Crippen LogP contribution in [0.4, 0.5) is 0 Å². The van der Waals surface area contributed by atoms with Crippen LogP contribution in [-0.2, 0) is 11.3 Å². The second kappa shape index (κ2) is 5.58. The number of fused-ring (bicyclic) bond motifs is 1. The molecule has 5 heteroatoms. The normalized spacial score (nSPS) is 18.6. The van der Waals surface area contributed by atoms with Gasteiger partial charge in [0.15, 0.2) is 0 Å². The second-order valence-corrected chi connectivity index (χ2v) is 5.94. The number of halogens is 1. The Morgan fingerprint density at radius 2 is 2.40 bits per heavy atom. The number of carbonyl (C=O) groups excluding carboxylic acids is 1. The first-order chi connectivity index (χ1) is 9.69. The first-order valence-corrected chi connectivity index (χ1v) is 7.65. The van der Waals surface area contributed by atoms with Gasteiger partial charge in [0.05, 0.1) is 18.2 Å². The molecule has 1 N–H and O–H groups in total. The summed E-state index contributed by atoms with van der Waals surface area (Å²) in [6, 6.07) is 6.15. The van der Waals surface area contributed by atoms with Crippen molar-refractivity contribution in [1.29, 1.82) is 0 Å². The zero-order valence-electron chi connectivity index (χ0n) is 11.4. The minimum Gasteiger partial charge on any atom is -0.379 e. The topological polar surface area (TPSA) is 43.3 Å². The third-order valence-electron chi connectivity index (χ3n) is 3.69. The summed E-state index contributed by atoms with van der Waals surface area (Å²) in [5.41, 5.74) is 1.82. The number of aromatic nitrogens is 1. The van der Waals surface area contributed by atoms with E-state index in [0.29, 0.717) is 6.61 Å². The number of carbonyl (C=O) groups is 1. The van der Waals surface area contributed by atoms with Gasteiger partial charge in [-0.25, -0.2) is 0 Å². The lowest BCUT2D eigenvalue weighted by Crippen LogP contribution is -2.34. The third kappa shape index (κ3) is 2.47. The maximum absolute atomic E-state index is 12.4. The fraction of sp³-hybridized carbons (Fsp3) is 0.400. The highest BCUT2D eigenvalue weighted by molar-refractivity contribution is 9.10. The number of hydrogen-bond acceptors (Lipinski definition) is 2. The molecule has 1 aromatic heterocycles. The van der Waals surface area contributed by atoms with Crippen molar-refractivity contribution in [2.24, 2.45) is 0 Å². The number of rotatable bonds is 3. The summed E-state index contributed by atoms with van der Waals surface area (Å²) in [6.45, 7) is 4.26. The Morgan fingerprint density at radius 3 is 3.10 bits per heavy atom. The van der Waals surface area contributed by atoms with Gasteiger partial charge in [-0.05, 0) is 25.5 Å². The zero-order valence-corrected chi connectivity index (χ0v) is 12.9. The Hall–Kier alpha value is -1.33. The van der Waals surface area contributed by atoms with E-state index in [2.05, 4.69) is 32.7 Å². The summed E-state index contributed by atoms with van der Waals surface area (Å²) < 4.78 is 8.42. The van der Waals surface area contributed by atoms with Crippen molar-refractivity contribution in [1.82, 2.24) is 9.88 Å². The van der Waals surface area contributed by atoms with Crippen molar-refractivity contribution in [2.45, 2.75) is 25.9 Å². The minimum absolute atomic E-state index is 0.0139. The van der Waals surface area contributed by atoms with E-state index in [0.717, 1.165) is 40.5 Å². The average Bonchev–Trinajstić information content (AvgIpc) is 3.05. The van der Waals surface area contributed by atoms with Gasteiger partial charge < -0.3 is 14.6 Å². The molecule has 0 radical (unpaired) electrons. The Balaban J connectivity index is 1.96.